The highest BCUT2D eigenvalue weighted by molar-refractivity contribution is 7.90. The topological polar surface area (TPSA) is 90.3 Å². The SMILES string of the molecule is COc1ccc(F)c(S(=O)(=O)NC(=O)c2cn(C)c(-c3c(F)cccc3Cl)n2)c1. The lowest BCUT2D eigenvalue weighted by Gasteiger charge is -2.08. The van der Waals surface area contributed by atoms with E-state index in [1.165, 1.54) is 49.2 Å². The van der Waals surface area contributed by atoms with Crippen LogP contribution >= 0.6 is 11.6 Å². The number of aryl methyl sites for hydroxylation is 1. The fourth-order valence-corrected chi connectivity index (χ4v) is 3.87. The number of aromatic nitrogens is 2. The van der Waals surface area contributed by atoms with E-state index in [4.69, 9.17) is 16.3 Å². The van der Waals surface area contributed by atoms with Crippen LogP contribution in [-0.2, 0) is 17.1 Å². The molecule has 0 saturated carbocycles. The third kappa shape index (κ3) is 4.08. The molecule has 0 aliphatic rings. The molecule has 0 unspecified atom stereocenters. The highest BCUT2D eigenvalue weighted by Crippen LogP contribution is 2.29. The molecule has 1 N–H and O–H groups in total. The average Bonchev–Trinajstić information content (AvgIpc) is 3.03. The molecule has 3 rings (SSSR count). The smallest absolute Gasteiger partial charge is 0.285 e. The number of hydrogen-bond donors (Lipinski definition) is 1. The number of rotatable bonds is 5. The van der Waals surface area contributed by atoms with Gasteiger partial charge >= 0.3 is 0 Å². The first-order valence-corrected chi connectivity index (χ1v) is 9.88. The Balaban J connectivity index is 1.95. The van der Waals surface area contributed by atoms with Gasteiger partial charge in [-0.25, -0.2) is 26.9 Å². The molecular formula is C18H14ClF2N3O4S. The van der Waals surface area contributed by atoms with Gasteiger partial charge in [-0.3, -0.25) is 4.79 Å². The zero-order chi connectivity index (χ0) is 21.3. The molecule has 1 amide bonds. The number of amides is 1. The number of hydrogen-bond acceptors (Lipinski definition) is 5. The van der Waals surface area contributed by atoms with Gasteiger partial charge in [-0.2, -0.15) is 0 Å². The lowest BCUT2D eigenvalue weighted by molar-refractivity contribution is 0.0977. The maximum Gasteiger partial charge on any atom is 0.285 e. The molecular weight excluding hydrogens is 428 g/mol. The number of halogens is 3. The molecule has 1 heterocycles. The highest BCUT2D eigenvalue weighted by atomic mass is 35.5. The third-order valence-corrected chi connectivity index (χ3v) is 5.61. The van der Waals surface area contributed by atoms with Crippen LogP contribution in [0.25, 0.3) is 11.4 Å². The number of benzene rings is 2. The summed E-state index contributed by atoms with van der Waals surface area (Å²) in [5, 5.41) is 0.0664. The van der Waals surface area contributed by atoms with Crippen molar-refractivity contribution in [3.63, 3.8) is 0 Å². The zero-order valence-electron chi connectivity index (χ0n) is 15.1. The Morgan fingerprint density at radius 2 is 1.93 bits per heavy atom. The van der Waals surface area contributed by atoms with E-state index < -0.39 is 32.5 Å². The normalized spacial score (nSPS) is 11.3. The fourth-order valence-electron chi connectivity index (χ4n) is 2.57. The lowest BCUT2D eigenvalue weighted by atomic mass is 10.2. The molecule has 29 heavy (non-hydrogen) atoms. The van der Waals surface area contributed by atoms with Crippen molar-refractivity contribution in [2.75, 3.05) is 7.11 Å². The van der Waals surface area contributed by atoms with Crippen molar-refractivity contribution in [3.05, 3.63) is 64.9 Å². The van der Waals surface area contributed by atoms with Gasteiger partial charge in [-0.05, 0) is 24.3 Å². The summed E-state index contributed by atoms with van der Waals surface area (Å²) in [5.74, 6) is -2.74. The number of imidazole rings is 1. The van der Waals surface area contributed by atoms with Crippen molar-refractivity contribution in [1.29, 1.82) is 0 Å². The predicted octanol–water partition coefficient (Wildman–Crippen LogP) is 3.15. The van der Waals surface area contributed by atoms with E-state index in [1.807, 2.05) is 0 Å². The zero-order valence-corrected chi connectivity index (χ0v) is 16.7. The highest BCUT2D eigenvalue weighted by Gasteiger charge is 2.26. The number of methoxy groups -OCH3 is 1. The summed E-state index contributed by atoms with van der Waals surface area (Å²) >= 11 is 6.01. The van der Waals surface area contributed by atoms with Crippen LogP contribution < -0.4 is 9.46 Å². The molecule has 2 aromatic carbocycles. The Labute approximate surface area is 169 Å². The lowest BCUT2D eigenvalue weighted by Crippen LogP contribution is -2.31. The molecule has 0 atom stereocenters. The minimum absolute atomic E-state index is 0.0169. The third-order valence-electron chi connectivity index (χ3n) is 3.95. The van der Waals surface area contributed by atoms with Crippen molar-refractivity contribution >= 4 is 27.5 Å². The summed E-state index contributed by atoms with van der Waals surface area (Å²) in [6.45, 7) is 0. The quantitative estimate of drug-likeness (QED) is 0.657. The Hall–Kier alpha value is -2.98. The second-order valence-corrected chi connectivity index (χ2v) is 7.95. The van der Waals surface area contributed by atoms with Crippen LogP contribution in [0.2, 0.25) is 5.02 Å². The number of nitrogens with zero attached hydrogens (tertiary/aromatic N) is 2. The molecule has 0 fully saturated rings. The number of nitrogens with one attached hydrogen (secondary N) is 1. The minimum Gasteiger partial charge on any atom is -0.497 e. The van der Waals surface area contributed by atoms with Gasteiger partial charge in [0.1, 0.15) is 33.8 Å². The minimum atomic E-state index is -4.56. The van der Waals surface area contributed by atoms with Gasteiger partial charge in [0.05, 0.1) is 17.7 Å². The van der Waals surface area contributed by atoms with E-state index in [0.29, 0.717) is 0 Å². The molecule has 0 spiro atoms. The molecule has 0 aliphatic heterocycles. The summed E-state index contributed by atoms with van der Waals surface area (Å²) in [7, 11) is -1.79. The average molecular weight is 442 g/mol. The first-order chi connectivity index (χ1) is 13.6. The second-order valence-electron chi connectivity index (χ2n) is 5.89. The van der Waals surface area contributed by atoms with Gasteiger partial charge in [-0.1, -0.05) is 17.7 Å². The number of sulfonamides is 1. The molecule has 0 saturated heterocycles. The van der Waals surface area contributed by atoms with Crippen LogP contribution in [0.5, 0.6) is 5.75 Å². The van der Waals surface area contributed by atoms with Crippen LogP contribution in [0.4, 0.5) is 8.78 Å². The first-order valence-electron chi connectivity index (χ1n) is 8.02. The van der Waals surface area contributed by atoms with E-state index in [9.17, 15) is 22.0 Å². The monoisotopic (exact) mass is 441 g/mol. The Bertz CT molecular complexity index is 1190. The summed E-state index contributed by atoms with van der Waals surface area (Å²) < 4.78 is 60.9. The summed E-state index contributed by atoms with van der Waals surface area (Å²) in [5.41, 5.74) is -0.369. The number of ether oxygens (including phenoxy) is 1. The number of carbonyl (C=O) groups excluding carboxylic acids is 1. The van der Waals surface area contributed by atoms with Gasteiger partial charge in [0.25, 0.3) is 15.9 Å². The maximum absolute atomic E-state index is 14.1. The van der Waals surface area contributed by atoms with Crippen LogP contribution in [0, 0.1) is 11.6 Å². The summed E-state index contributed by atoms with van der Waals surface area (Å²) in [6.07, 6.45) is 1.20. The van der Waals surface area contributed by atoms with Crippen molar-refractivity contribution in [3.8, 4) is 17.1 Å². The largest absolute Gasteiger partial charge is 0.497 e. The molecule has 11 heteroatoms. The van der Waals surface area contributed by atoms with E-state index in [1.54, 1.807) is 4.72 Å². The maximum atomic E-state index is 14.1. The van der Waals surface area contributed by atoms with Crippen LogP contribution in [-0.4, -0.2) is 31.0 Å². The fraction of sp³-hybridized carbons (Fsp3) is 0.111. The van der Waals surface area contributed by atoms with E-state index in [-0.39, 0.29) is 27.9 Å². The van der Waals surface area contributed by atoms with Crippen molar-refractivity contribution in [2.24, 2.45) is 7.05 Å². The van der Waals surface area contributed by atoms with Crippen LogP contribution in [0.1, 0.15) is 10.5 Å². The Morgan fingerprint density at radius 1 is 1.21 bits per heavy atom. The van der Waals surface area contributed by atoms with Gasteiger partial charge in [0.15, 0.2) is 0 Å². The van der Waals surface area contributed by atoms with Crippen molar-refractivity contribution in [1.82, 2.24) is 14.3 Å². The molecule has 1 aromatic heterocycles. The summed E-state index contributed by atoms with van der Waals surface area (Å²) in [6, 6.07) is 7.10. The van der Waals surface area contributed by atoms with Gasteiger partial charge in [-0.15, -0.1) is 0 Å². The molecule has 152 valence electrons. The number of carbonyl (C=O) groups is 1. The molecule has 3 aromatic rings. The first kappa shape index (κ1) is 20.7. The molecule has 0 aliphatic carbocycles. The molecule has 0 bridgehead atoms. The Kier molecular flexibility index (Phi) is 5.58. The summed E-state index contributed by atoms with van der Waals surface area (Å²) in [4.78, 5) is 15.6. The van der Waals surface area contributed by atoms with E-state index >= 15 is 0 Å². The van der Waals surface area contributed by atoms with Gasteiger partial charge in [0.2, 0.25) is 0 Å². The predicted molar refractivity (Wildman–Crippen MR) is 101 cm³/mol. The van der Waals surface area contributed by atoms with Gasteiger partial charge < -0.3 is 9.30 Å². The van der Waals surface area contributed by atoms with Gasteiger partial charge in [0, 0.05) is 19.3 Å². The molecule has 0 radical (unpaired) electrons. The Morgan fingerprint density at radius 3 is 2.59 bits per heavy atom. The van der Waals surface area contributed by atoms with Crippen molar-refractivity contribution < 1.29 is 26.7 Å². The van der Waals surface area contributed by atoms with Crippen LogP contribution in [0.3, 0.4) is 0 Å². The second kappa shape index (κ2) is 7.80. The van der Waals surface area contributed by atoms with E-state index in [2.05, 4.69) is 4.98 Å². The standard InChI is InChI=1S/C18H14ClF2N3O4S/c1-24-9-14(22-17(24)16-11(19)4-3-5-13(16)21)18(25)23-29(26,27)15-8-10(28-2)6-7-12(15)20/h3-9H,1-2H3,(H,23,25). The van der Waals surface area contributed by atoms with E-state index in [0.717, 1.165) is 12.1 Å². The van der Waals surface area contributed by atoms with Crippen molar-refractivity contribution in [2.45, 2.75) is 4.90 Å². The molecule has 7 nitrogen and oxygen atoms in total. The van der Waals surface area contributed by atoms with Crippen LogP contribution in [0.15, 0.2) is 47.5 Å².